The number of rotatable bonds is 22. The monoisotopic (exact) mass is 874 g/mol. The highest BCUT2D eigenvalue weighted by molar-refractivity contribution is 5.97. The third kappa shape index (κ3) is 11.4. The van der Waals surface area contributed by atoms with Crippen LogP contribution < -0.4 is 0 Å². The SMILES string of the molecule is CCCCC(OC(C)=O)c1ccccc1C(=O)OCCCCCCCCOC(=O)c1ccccc1-c1ccc(Cn2c(CCC)nc3c(C)cc(-c4nc5ccccc5n4C)cc32)cc1. The predicted molar refractivity (Wildman–Crippen MR) is 258 cm³/mol. The number of ether oxygens (including phenoxy) is 3. The summed E-state index contributed by atoms with van der Waals surface area (Å²) in [4.78, 5) is 48.3. The number of carbonyl (C=O) groups is 3. The van der Waals surface area contributed by atoms with Crippen molar-refractivity contribution in [2.75, 3.05) is 13.2 Å². The largest absolute Gasteiger partial charge is 0.462 e. The number of fused-ring (bicyclic) bond motifs is 2. The van der Waals surface area contributed by atoms with Crippen molar-refractivity contribution in [3.63, 3.8) is 0 Å². The summed E-state index contributed by atoms with van der Waals surface area (Å²) in [7, 11) is 2.07. The minimum atomic E-state index is -0.468. The second kappa shape index (κ2) is 22.4. The molecule has 7 aromatic rings. The maximum absolute atomic E-state index is 13.4. The molecular weight excluding hydrogens is 813 g/mol. The average Bonchev–Trinajstić information content (AvgIpc) is 3.84. The third-order valence-electron chi connectivity index (χ3n) is 12.1. The Bertz CT molecular complexity index is 2730. The molecule has 2 heterocycles. The van der Waals surface area contributed by atoms with E-state index >= 15 is 0 Å². The first-order chi connectivity index (χ1) is 31.7. The van der Waals surface area contributed by atoms with Crippen LogP contribution in [0.15, 0.2) is 109 Å². The van der Waals surface area contributed by atoms with Gasteiger partial charge in [-0.3, -0.25) is 4.79 Å². The summed E-state index contributed by atoms with van der Waals surface area (Å²) in [6, 6.07) is 36.0. The second-order valence-corrected chi connectivity index (χ2v) is 17.0. The molecule has 7 rings (SSSR count). The summed E-state index contributed by atoms with van der Waals surface area (Å²) >= 11 is 0. The summed E-state index contributed by atoms with van der Waals surface area (Å²) in [5, 5.41) is 0. The Morgan fingerprint density at radius 1 is 0.662 bits per heavy atom. The Morgan fingerprint density at radius 2 is 1.31 bits per heavy atom. The number of aryl methyl sites for hydroxylation is 3. The quantitative estimate of drug-likeness (QED) is 0.0376. The van der Waals surface area contributed by atoms with Gasteiger partial charge in [-0.15, -0.1) is 0 Å². The molecule has 0 N–H and O–H groups in total. The van der Waals surface area contributed by atoms with Crippen molar-refractivity contribution in [3.8, 4) is 22.5 Å². The van der Waals surface area contributed by atoms with E-state index in [-0.39, 0.29) is 11.9 Å². The lowest BCUT2D eigenvalue weighted by Gasteiger charge is -2.19. The van der Waals surface area contributed by atoms with E-state index in [0.717, 1.165) is 126 Å². The molecule has 10 heteroatoms. The third-order valence-corrected chi connectivity index (χ3v) is 12.1. The fraction of sp³-hybridized carbons (Fsp3) is 0.364. The van der Waals surface area contributed by atoms with Crippen molar-refractivity contribution < 1.29 is 28.6 Å². The second-order valence-electron chi connectivity index (χ2n) is 17.0. The molecule has 5 aromatic carbocycles. The zero-order valence-corrected chi connectivity index (χ0v) is 38.6. The van der Waals surface area contributed by atoms with Gasteiger partial charge in [0.25, 0.3) is 0 Å². The smallest absolute Gasteiger partial charge is 0.338 e. The van der Waals surface area contributed by atoms with Crippen LogP contribution in [0.1, 0.15) is 134 Å². The maximum Gasteiger partial charge on any atom is 0.338 e. The van der Waals surface area contributed by atoms with Gasteiger partial charge in [0.15, 0.2) is 0 Å². The van der Waals surface area contributed by atoms with Crippen LogP contribution in [0, 0.1) is 6.92 Å². The van der Waals surface area contributed by atoms with Crippen LogP contribution in [0.4, 0.5) is 0 Å². The van der Waals surface area contributed by atoms with Crippen molar-refractivity contribution in [3.05, 3.63) is 143 Å². The summed E-state index contributed by atoms with van der Waals surface area (Å²) < 4.78 is 21.5. The number of carbonyl (C=O) groups excluding carboxylic acids is 3. The van der Waals surface area contributed by atoms with Crippen molar-refractivity contribution >= 4 is 40.0 Å². The van der Waals surface area contributed by atoms with Crippen LogP contribution in [-0.2, 0) is 39.0 Å². The molecule has 0 bridgehead atoms. The standard InChI is InChI=1S/C55H62N4O6/c1-6-8-28-50(65-39(4)60)44-23-14-16-25-46(44)55(62)64-34-20-12-10-9-11-19-33-63-54(61)45-24-15-13-22-43(45)41-31-29-40(30-32-41)37-59-49-36-42(35-38(3)52(49)57-51(59)21-7-2)53-56-47-26-17-18-27-48(47)58(53)5/h13-18,22-27,29-32,35-36,50H,6-12,19-21,28,33-34,37H2,1-5H3. The van der Waals surface area contributed by atoms with E-state index in [1.54, 1.807) is 12.1 Å². The van der Waals surface area contributed by atoms with Crippen molar-refractivity contribution in [1.29, 1.82) is 0 Å². The van der Waals surface area contributed by atoms with Gasteiger partial charge in [-0.1, -0.05) is 119 Å². The number of benzene rings is 5. The van der Waals surface area contributed by atoms with Crippen molar-refractivity contribution in [2.24, 2.45) is 7.05 Å². The number of imidazole rings is 2. The van der Waals surface area contributed by atoms with E-state index < -0.39 is 12.1 Å². The predicted octanol–water partition coefficient (Wildman–Crippen LogP) is 12.7. The Balaban J connectivity index is 0.892. The summed E-state index contributed by atoms with van der Waals surface area (Å²) in [6.07, 6.45) is 9.29. The Labute approximate surface area is 383 Å². The van der Waals surface area contributed by atoms with Crippen molar-refractivity contribution in [2.45, 2.75) is 111 Å². The summed E-state index contributed by atoms with van der Waals surface area (Å²) in [6.45, 7) is 9.14. The molecule has 0 radical (unpaired) electrons. The molecule has 2 aromatic heterocycles. The number of aromatic nitrogens is 4. The fourth-order valence-corrected chi connectivity index (χ4v) is 8.68. The number of esters is 3. The minimum Gasteiger partial charge on any atom is -0.462 e. The molecule has 0 aliphatic heterocycles. The van der Waals surface area contributed by atoms with Crippen LogP contribution >= 0.6 is 0 Å². The lowest BCUT2D eigenvalue weighted by atomic mass is 9.98. The molecule has 338 valence electrons. The fourth-order valence-electron chi connectivity index (χ4n) is 8.68. The van der Waals surface area contributed by atoms with E-state index in [9.17, 15) is 14.4 Å². The zero-order chi connectivity index (χ0) is 45.7. The lowest BCUT2D eigenvalue weighted by molar-refractivity contribution is -0.147. The lowest BCUT2D eigenvalue weighted by Crippen LogP contribution is -2.15. The van der Waals surface area contributed by atoms with E-state index in [0.29, 0.717) is 42.9 Å². The van der Waals surface area contributed by atoms with Gasteiger partial charge in [0.1, 0.15) is 17.8 Å². The molecule has 1 unspecified atom stereocenters. The van der Waals surface area contributed by atoms with Crippen LogP contribution in [-0.4, -0.2) is 50.2 Å². The van der Waals surface area contributed by atoms with E-state index in [1.807, 2.05) is 48.5 Å². The van der Waals surface area contributed by atoms with Gasteiger partial charge in [0.2, 0.25) is 0 Å². The number of hydrogen-bond donors (Lipinski definition) is 0. The zero-order valence-electron chi connectivity index (χ0n) is 38.6. The van der Waals surface area contributed by atoms with E-state index in [4.69, 9.17) is 24.2 Å². The molecule has 10 nitrogen and oxygen atoms in total. The molecular formula is C55H62N4O6. The first-order valence-electron chi connectivity index (χ1n) is 23.4. The molecule has 0 saturated carbocycles. The Kier molecular flexibility index (Phi) is 16.0. The van der Waals surface area contributed by atoms with Crippen LogP contribution in [0.25, 0.3) is 44.6 Å². The van der Waals surface area contributed by atoms with Gasteiger partial charge >= 0.3 is 17.9 Å². The summed E-state index contributed by atoms with van der Waals surface area (Å²) in [5.74, 6) is 0.919. The van der Waals surface area contributed by atoms with Gasteiger partial charge < -0.3 is 23.3 Å². The van der Waals surface area contributed by atoms with E-state index in [1.165, 1.54) is 6.92 Å². The highest BCUT2D eigenvalue weighted by Gasteiger charge is 2.23. The molecule has 0 fully saturated rings. The number of hydrogen-bond acceptors (Lipinski definition) is 8. The highest BCUT2D eigenvalue weighted by Crippen LogP contribution is 2.32. The Hall–Kier alpha value is -6.55. The van der Waals surface area contributed by atoms with Crippen LogP contribution in [0.3, 0.4) is 0 Å². The first kappa shape index (κ1) is 46.4. The van der Waals surface area contributed by atoms with Gasteiger partial charge in [0, 0.05) is 38.1 Å². The normalized spacial score (nSPS) is 11.8. The molecule has 0 saturated heterocycles. The molecule has 65 heavy (non-hydrogen) atoms. The molecule has 0 aliphatic rings. The average molecular weight is 875 g/mol. The summed E-state index contributed by atoms with van der Waals surface area (Å²) in [5.41, 5.74) is 11.0. The van der Waals surface area contributed by atoms with Crippen LogP contribution in [0.2, 0.25) is 0 Å². The minimum absolute atomic E-state index is 0.321. The number of unbranched alkanes of at least 4 members (excludes halogenated alkanes) is 6. The first-order valence-corrected chi connectivity index (χ1v) is 23.4. The highest BCUT2D eigenvalue weighted by atomic mass is 16.5. The Morgan fingerprint density at radius 3 is 2.00 bits per heavy atom. The molecule has 0 aliphatic carbocycles. The van der Waals surface area contributed by atoms with Gasteiger partial charge in [-0.05, 0) is 97.7 Å². The van der Waals surface area contributed by atoms with E-state index in [2.05, 4.69) is 85.5 Å². The maximum atomic E-state index is 13.4. The number of nitrogens with zero attached hydrogens (tertiary/aromatic N) is 4. The molecule has 0 spiro atoms. The van der Waals surface area contributed by atoms with Crippen LogP contribution in [0.5, 0.6) is 0 Å². The molecule has 0 amide bonds. The van der Waals surface area contributed by atoms with Crippen molar-refractivity contribution in [1.82, 2.24) is 19.1 Å². The number of para-hydroxylation sites is 2. The van der Waals surface area contributed by atoms with Gasteiger partial charge in [-0.25, -0.2) is 19.6 Å². The van der Waals surface area contributed by atoms with Gasteiger partial charge in [-0.2, -0.15) is 0 Å². The molecule has 1 atom stereocenters. The topological polar surface area (TPSA) is 115 Å². The van der Waals surface area contributed by atoms with Gasteiger partial charge in [0.05, 0.1) is 46.4 Å².